The number of hydrogen-bond donors (Lipinski definition) is 0. The molecule has 0 saturated carbocycles. The van der Waals surface area contributed by atoms with E-state index in [1.165, 1.54) is 18.4 Å². The van der Waals surface area contributed by atoms with Crippen LogP contribution in [0.3, 0.4) is 0 Å². The van der Waals surface area contributed by atoms with Crippen molar-refractivity contribution >= 4 is 0 Å². The highest BCUT2D eigenvalue weighted by Crippen LogP contribution is 2.07. The molecule has 0 atom stereocenters. The number of allylic oxidation sites excluding steroid dienone is 4. The first-order valence-corrected chi connectivity index (χ1v) is 4.70. The van der Waals surface area contributed by atoms with E-state index in [9.17, 15) is 0 Å². The van der Waals surface area contributed by atoms with Gasteiger partial charge in [-0.3, -0.25) is 0 Å². The SMILES string of the molecule is CCC=CC(=CCC)CCC. The minimum Gasteiger partial charge on any atom is -0.0845 e. The van der Waals surface area contributed by atoms with Crippen LogP contribution >= 0.6 is 0 Å². The standard InChI is InChI=1S/C11H20/c1-4-7-10-11(8-5-2)9-6-3/h7-8,10H,4-6,9H2,1-3H3. The molecule has 0 nitrogen and oxygen atoms in total. The van der Waals surface area contributed by atoms with Gasteiger partial charge in [0.1, 0.15) is 0 Å². The van der Waals surface area contributed by atoms with E-state index in [-0.39, 0.29) is 0 Å². The summed E-state index contributed by atoms with van der Waals surface area (Å²) in [6, 6.07) is 0. The third kappa shape index (κ3) is 5.90. The molecule has 0 aromatic heterocycles. The monoisotopic (exact) mass is 152 g/mol. The van der Waals surface area contributed by atoms with Crippen LogP contribution < -0.4 is 0 Å². The molecule has 0 rings (SSSR count). The van der Waals surface area contributed by atoms with Crippen molar-refractivity contribution in [2.45, 2.75) is 46.5 Å². The lowest BCUT2D eigenvalue weighted by atomic mass is 10.1. The molecule has 11 heavy (non-hydrogen) atoms. The fourth-order valence-corrected chi connectivity index (χ4v) is 1.07. The summed E-state index contributed by atoms with van der Waals surface area (Å²) in [6.07, 6.45) is 11.6. The fraction of sp³-hybridized carbons (Fsp3) is 0.636. The highest BCUT2D eigenvalue weighted by molar-refractivity contribution is 5.17. The molecule has 0 aromatic rings. The van der Waals surface area contributed by atoms with Crippen LogP contribution in [0.4, 0.5) is 0 Å². The molecule has 0 aliphatic heterocycles. The molecular formula is C11H20. The van der Waals surface area contributed by atoms with Crippen LogP contribution in [0.2, 0.25) is 0 Å². The largest absolute Gasteiger partial charge is 0.0845 e. The van der Waals surface area contributed by atoms with Gasteiger partial charge in [0.05, 0.1) is 0 Å². The Balaban J connectivity index is 3.88. The third-order valence-corrected chi connectivity index (χ3v) is 1.57. The number of rotatable bonds is 5. The van der Waals surface area contributed by atoms with Crippen molar-refractivity contribution in [3.8, 4) is 0 Å². The molecule has 0 aliphatic carbocycles. The van der Waals surface area contributed by atoms with E-state index in [1.807, 2.05) is 0 Å². The third-order valence-electron chi connectivity index (χ3n) is 1.57. The summed E-state index contributed by atoms with van der Waals surface area (Å²) in [5, 5.41) is 0. The fourth-order valence-electron chi connectivity index (χ4n) is 1.07. The molecule has 0 spiro atoms. The van der Waals surface area contributed by atoms with E-state index >= 15 is 0 Å². The lowest BCUT2D eigenvalue weighted by Gasteiger charge is -1.97. The van der Waals surface area contributed by atoms with Crippen molar-refractivity contribution in [2.75, 3.05) is 0 Å². The van der Waals surface area contributed by atoms with E-state index in [1.54, 1.807) is 0 Å². The Morgan fingerprint density at radius 2 is 1.82 bits per heavy atom. The van der Waals surface area contributed by atoms with Gasteiger partial charge in [-0.05, 0) is 19.3 Å². The average Bonchev–Trinajstić information content (AvgIpc) is 2.01. The van der Waals surface area contributed by atoms with E-state index in [0.29, 0.717) is 0 Å². The summed E-state index contributed by atoms with van der Waals surface area (Å²) in [6.45, 7) is 6.59. The van der Waals surface area contributed by atoms with Crippen LogP contribution in [0.1, 0.15) is 46.5 Å². The summed E-state index contributed by atoms with van der Waals surface area (Å²) < 4.78 is 0. The second kappa shape index (κ2) is 7.59. The van der Waals surface area contributed by atoms with Gasteiger partial charge >= 0.3 is 0 Å². The van der Waals surface area contributed by atoms with Gasteiger partial charge in [0.15, 0.2) is 0 Å². The van der Waals surface area contributed by atoms with Crippen molar-refractivity contribution < 1.29 is 0 Å². The molecule has 0 amide bonds. The Kier molecular flexibility index (Phi) is 7.23. The molecule has 0 heteroatoms. The summed E-state index contributed by atoms with van der Waals surface area (Å²) in [5.74, 6) is 0. The Labute approximate surface area is 71.0 Å². The van der Waals surface area contributed by atoms with Gasteiger partial charge in [-0.25, -0.2) is 0 Å². The van der Waals surface area contributed by atoms with Gasteiger partial charge < -0.3 is 0 Å². The maximum Gasteiger partial charge on any atom is -0.0285 e. The van der Waals surface area contributed by atoms with Crippen LogP contribution in [0.5, 0.6) is 0 Å². The molecule has 0 fully saturated rings. The Hall–Kier alpha value is -0.520. The van der Waals surface area contributed by atoms with Crippen LogP contribution in [-0.4, -0.2) is 0 Å². The van der Waals surface area contributed by atoms with Crippen LogP contribution in [0, 0.1) is 0 Å². The molecular weight excluding hydrogens is 132 g/mol. The minimum absolute atomic E-state index is 1.14. The summed E-state index contributed by atoms with van der Waals surface area (Å²) in [4.78, 5) is 0. The predicted molar refractivity (Wildman–Crippen MR) is 52.7 cm³/mol. The maximum atomic E-state index is 2.32. The zero-order valence-electron chi connectivity index (χ0n) is 8.06. The molecule has 0 bridgehead atoms. The Morgan fingerprint density at radius 3 is 2.27 bits per heavy atom. The van der Waals surface area contributed by atoms with Crippen molar-refractivity contribution in [2.24, 2.45) is 0 Å². The zero-order valence-corrected chi connectivity index (χ0v) is 8.06. The Bertz CT molecular complexity index is 129. The summed E-state index contributed by atoms with van der Waals surface area (Å²) in [7, 11) is 0. The molecule has 0 unspecified atom stereocenters. The normalized spacial score (nSPS) is 12.8. The van der Waals surface area contributed by atoms with E-state index in [4.69, 9.17) is 0 Å². The lowest BCUT2D eigenvalue weighted by Crippen LogP contribution is -1.77. The van der Waals surface area contributed by atoms with Gasteiger partial charge in [0.2, 0.25) is 0 Å². The first-order valence-electron chi connectivity index (χ1n) is 4.70. The van der Waals surface area contributed by atoms with Gasteiger partial charge in [-0.15, -0.1) is 0 Å². The van der Waals surface area contributed by atoms with E-state index in [0.717, 1.165) is 12.8 Å². The second-order valence-electron chi connectivity index (χ2n) is 2.75. The molecule has 0 radical (unpaired) electrons. The average molecular weight is 152 g/mol. The van der Waals surface area contributed by atoms with Crippen molar-refractivity contribution in [3.63, 3.8) is 0 Å². The quantitative estimate of drug-likeness (QED) is 0.520. The van der Waals surface area contributed by atoms with Crippen molar-refractivity contribution in [3.05, 3.63) is 23.8 Å². The highest BCUT2D eigenvalue weighted by atomic mass is 13.9. The first kappa shape index (κ1) is 10.5. The summed E-state index contributed by atoms with van der Waals surface area (Å²) >= 11 is 0. The van der Waals surface area contributed by atoms with Gasteiger partial charge in [-0.1, -0.05) is 51.0 Å². The van der Waals surface area contributed by atoms with Gasteiger partial charge in [0.25, 0.3) is 0 Å². The molecule has 0 aliphatic rings. The van der Waals surface area contributed by atoms with E-state index < -0.39 is 0 Å². The smallest absolute Gasteiger partial charge is 0.0285 e. The predicted octanol–water partition coefficient (Wildman–Crippen LogP) is 4.09. The van der Waals surface area contributed by atoms with Gasteiger partial charge in [0, 0.05) is 0 Å². The molecule has 0 aromatic carbocycles. The highest BCUT2D eigenvalue weighted by Gasteiger charge is 1.87. The van der Waals surface area contributed by atoms with Crippen molar-refractivity contribution in [1.82, 2.24) is 0 Å². The molecule has 0 heterocycles. The first-order chi connectivity index (χ1) is 5.35. The van der Waals surface area contributed by atoms with Gasteiger partial charge in [-0.2, -0.15) is 0 Å². The minimum atomic E-state index is 1.14. The Morgan fingerprint density at radius 1 is 1.09 bits per heavy atom. The molecule has 0 saturated heterocycles. The van der Waals surface area contributed by atoms with Crippen LogP contribution in [0.25, 0.3) is 0 Å². The zero-order chi connectivity index (χ0) is 8.53. The summed E-state index contributed by atoms with van der Waals surface area (Å²) in [5.41, 5.74) is 1.50. The second-order valence-corrected chi connectivity index (χ2v) is 2.75. The van der Waals surface area contributed by atoms with Crippen LogP contribution in [0.15, 0.2) is 23.8 Å². The number of hydrogen-bond acceptors (Lipinski definition) is 0. The van der Waals surface area contributed by atoms with E-state index in [2.05, 4.69) is 39.0 Å². The molecule has 64 valence electrons. The lowest BCUT2D eigenvalue weighted by molar-refractivity contribution is 0.916. The maximum absolute atomic E-state index is 2.32. The molecule has 0 N–H and O–H groups in total. The topological polar surface area (TPSA) is 0 Å². The van der Waals surface area contributed by atoms with Crippen LogP contribution in [-0.2, 0) is 0 Å². The van der Waals surface area contributed by atoms with Crippen molar-refractivity contribution in [1.29, 1.82) is 0 Å².